The molecule has 0 unspecified atom stereocenters. The van der Waals surface area contributed by atoms with Crippen LogP contribution in [0.1, 0.15) is 44.6 Å². The van der Waals surface area contributed by atoms with Crippen molar-refractivity contribution >= 4 is 40.3 Å². The SMILES string of the molecule is CC(=O)NCCCc1ccc(C(=O)COC(=O)c2sc(-c3cccs3)nc2C)cc1. The zero-order valence-electron chi connectivity index (χ0n) is 16.8. The van der Waals surface area contributed by atoms with Crippen molar-refractivity contribution in [1.29, 1.82) is 0 Å². The molecule has 0 radical (unpaired) electrons. The number of esters is 1. The molecule has 0 atom stereocenters. The fourth-order valence-electron chi connectivity index (χ4n) is 2.79. The van der Waals surface area contributed by atoms with Crippen molar-refractivity contribution in [2.45, 2.75) is 26.7 Å². The lowest BCUT2D eigenvalue weighted by atomic mass is 10.1. The Morgan fingerprint density at radius 3 is 2.57 bits per heavy atom. The average Bonchev–Trinajstić information content (AvgIpc) is 3.39. The zero-order chi connectivity index (χ0) is 21.5. The molecule has 0 aliphatic carbocycles. The minimum Gasteiger partial charge on any atom is -0.453 e. The number of rotatable bonds is 9. The van der Waals surface area contributed by atoms with E-state index in [-0.39, 0.29) is 18.3 Å². The standard InChI is InChI=1S/C22H22N2O4S2/c1-14-20(30-21(24-14)19-6-4-12-29-19)22(27)28-13-18(26)17-9-7-16(8-10-17)5-3-11-23-15(2)25/h4,6-10,12H,3,5,11,13H2,1-2H3,(H,23,25). The van der Waals surface area contributed by atoms with Gasteiger partial charge in [-0.05, 0) is 36.8 Å². The quantitative estimate of drug-likeness (QED) is 0.304. The first-order chi connectivity index (χ1) is 14.4. The van der Waals surface area contributed by atoms with Crippen LogP contribution < -0.4 is 5.32 Å². The van der Waals surface area contributed by atoms with Crippen molar-refractivity contribution in [2.75, 3.05) is 13.2 Å². The summed E-state index contributed by atoms with van der Waals surface area (Å²) in [5.74, 6) is -0.827. The van der Waals surface area contributed by atoms with Crippen LogP contribution in [-0.4, -0.2) is 35.8 Å². The van der Waals surface area contributed by atoms with Crippen molar-refractivity contribution in [3.8, 4) is 9.88 Å². The Balaban J connectivity index is 1.51. The van der Waals surface area contributed by atoms with Gasteiger partial charge in [0.25, 0.3) is 0 Å². The smallest absolute Gasteiger partial charge is 0.350 e. The summed E-state index contributed by atoms with van der Waals surface area (Å²) in [5.41, 5.74) is 2.17. The Hall–Kier alpha value is -2.84. The maximum atomic E-state index is 12.4. The van der Waals surface area contributed by atoms with Crippen LogP contribution in [0, 0.1) is 6.92 Å². The second kappa shape index (κ2) is 10.3. The summed E-state index contributed by atoms with van der Waals surface area (Å²) in [6, 6.07) is 11.1. The summed E-state index contributed by atoms with van der Waals surface area (Å²) in [4.78, 5) is 41.5. The fourth-order valence-corrected chi connectivity index (χ4v) is 4.54. The molecule has 1 amide bonds. The van der Waals surface area contributed by atoms with Gasteiger partial charge in [-0.15, -0.1) is 22.7 Å². The predicted octanol–water partition coefficient (Wildman–Crippen LogP) is 4.29. The number of thiazole rings is 1. The van der Waals surface area contributed by atoms with Gasteiger partial charge >= 0.3 is 5.97 Å². The van der Waals surface area contributed by atoms with Crippen LogP contribution in [0.25, 0.3) is 9.88 Å². The number of nitrogens with zero attached hydrogens (tertiary/aromatic N) is 1. The number of aromatic nitrogens is 1. The molecule has 1 aromatic carbocycles. The van der Waals surface area contributed by atoms with Crippen LogP contribution >= 0.6 is 22.7 Å². The maximum absolute atomic E-state index is 12.4. The van der Waals surface area contributed by atoms with Gasteiger partial charge in [-0.25, -0.2) is 9.78 Å². The first-order valence-corrected chi connectivity index (χ1v) is 11.2. The van der Waals surface area contributed by atoms with E-state index in [0.717, 1.165) is 28.3 Å². The van der Waals surface area contributed by atoms with E-state index in [2.05, 4.69) is 10.3 Å². The molecule has 6 nitrogen and oxygen atoms in total. The van der Waals surface area contributed by atoms with E-state index >= 15 is 0 Å². The molecule has 30 heavy (non-hydrogen) atoms. The van der Waals surface area contributed by atoms with Crippen molar-refractivity contribution < 1.29 is 19.1 Å². The number of ether oxygens (including phenoxy) is 1. The van der Waals surface area contributed by atoms with Gasteiger partial charge in [0.05, 0.1) is 10.6 Å². The van der Waals surface area contributed by atoms with Gasteiger partial charge in [0.2, 0.25) is 5.91 Å². The number of nitrogens with one attached hydrogen (secondary N) is 1. The van der Waals surface area contributed by atoms with Gasteiger partial charge in [0.1, 0.15) is 9.88 Å². The Kier molecular flexibility index (Phi) is 7.48. The first kappa shape index (κ1) is 21.9. The van der Waals surface area contributed by atoms with E-state index < -0.39 is 5.97 Å². The molecule has 1 N–H and O–H groups in total. The highest BCUT2D eigenvalue weighted by atomic mass is 32.1. The third-order valence-electron chi connectivity index (χ3n) is 4.34. The van der Waals surface area contributed by atoms with Crippen molar-refractivity contribution in [3.63, 3.8) is 0 Å². The van der Waals surface area contributed by atoms with Gasteiger partial charge in [0, 0.05) is 19.0 Å². The monoisotopic (exact) mass is 442 g/mol. The number of hydrogen-bond donors (Lipinski definition) is 1. The first-order valence-electron chi connectivity index (χ1n) is 9.49. The minimum atomic E-state index is -0.532. The highest BCUT2D eigenvalue weighted by Gasteiger charge is 2.19. The van der Waals surface area contributed by atoms with Gasteiger partial charge < -0.3 is 10.1 Å². The molecule has 2 heterocycles. The molecule has 0 aliphatic rings. The number of thiophene rings is 1. The highest BCUT2D eigenvalue weighted by molar-refractivity contribution is 7.22. The van der Waals surface area contributed by atoms with Crippen LogP contribution in [0.2, 0.25) is 0 Å². The van der Waals surface area contributed by atoms with Crippen molar-refractivity contribution in [1.82, 2.24) is 10.3 Å². The van der Waals surface area contributed by atoms with E-state index in [4.69, 9.17) is 4.74 Å². The van der Waals surface area contributed by atoms with Gasteiger partial charge in [-0.3, -0.25) is 9.59 Å². The largest absolute Gasteiger partial charge is 0.453 e. The van der Waals surface area contributed by atoms with E-state index in [0.29, 0.717) is 22.7 Å². The number of Topliss-reactive ketones (excluding diaryl/α,β-unsaturated/α-hetero) is 1. The number of hydrogen-bond acceptors (Lipinski definition) is 7. The zero-order valence-corrected chi connectivity index (χ0v) is 18.4. The van der Waals surface area contributed by atoms with Crippen LogP contribution in [0.15, 0.2) is 41.8 Å². The lowest BCUT2D eigenvalue weighted by molar-refractivity contribution is -0.118. The van der Waals surface area contributed by atoms with Gasteiger partial charge in [-0.1, -0.05) is 30.3 Å². The lowest BCUT2D eigenvalue weighted by Gasteiger charge is -2.06. The number of aryl methyl sites for hydroxylation is 2. The summed E-state index contributed by atoms with van der Waals surface area (Å²) in [7, 11) is 0. The number of carbonyl (C=O) groups is 3. The van der Waals surface area contributed by atoms with E-state index in [1.165, 1.54) is 18.3 Å². The molecular formula is C22H22N2O4S2. The summed E-state index contributed by atoms with van der Waals surface area (Å²) in [6.07, 6.45) is 1.63. The molecule has 0 saturated carbocycles. The molecule has 3 rings (SSSR count). The molecule has 156 valence electrons. The molecule has 8 heteroatoms. The van der Waals surface area contributed by atoms with E-state index in [1.807, 2.05) is 29.6 Å². The Labute approximate surface area is 182 Å². The highest BCUT2D eigenvalue weighted by Crippen LogP contribution is 2.31. The third-order valence-corrected chi connectivity index (χ3v) is 6.52. The van der Waals surface area contributed by atoms with Crippen molar-refractivity contribution in [2.24, 2.45) is 0 Å². The number of ketones is 1. The number of carbonyl (C=O) groups excluding carboxylic acids is 3. The Bertz CT molecular complexity index is 1020. The molecule has 0 fully saturated rings. The normalized spacial score (nSPS) is 10.6. The summed E-state index contributed by atoms with van der Waals surface area (Å²) in [5, 5.41) is 5.48. The van der Waals surface area contributed by atoms with Crippen LogP contribution in [0.4, 0.5) is 0 Å². The fraction of sp³-hybridized carbons (Fsp3) is 0.273. The third kappa shape index (κ3) is 5.84. The molecule has 3 aromatic rings. The molecule has 0 aliphatic heterocycles. The second-order valence-corrected chi connectivity index (χ2v) is 8.64. The van der Waals surface area contributed by atoms with Crippen LogP contribution in [-0.2, 0) is 16.0 Å². The second-order valence-electron chi connectivity index (χ2n) is 6.69. The summed E-state index contributed by atoms with van der Waals surface area (Å²) in [6.45, 7) is 3.56. The molecule has 0 saturated heterocycles. The predicted molar refractivity (Wildman–Crippen MR) is 118 cm³/mol. The Morgan fingerprint density at radius 1 is 1.13 bits per heavy atom. The topological polar surface area (TPSA) is 85.4 Å². The lowest BCUT2D eigenvalue weighted by Crippen LogP contribution is -2.21. The van der Waals surface area contributed by atoms with Gasteiger partial charge in [0.15, 0.2) is 12.4 Å². The van der Waals surface area contributed by atoms with E-state index in [1.54, 1.807) is 30.4 Å². The summed E-state index contributed by atoms with van der Waals surface area (Å²) < 4.78 is 5.23. The summed E-state index contributed by atoms with van der Waals surface area (Å²) >= 11 is 2.83. The molecular weight excluding hydrogens is 420 g/mol. The van der Waals surface area contributed by atoms with E-state index in [9.17, 15) is 14.4 Å². The molecule has 0 spiro atoms. The maximum Gasteiger partial charge on any atom is 0.350 e. The average molecular weight is 443 g/mol. The van der Waals surface area contributed by atoms with Crippen LogP contribution in [0.3, 0.4) is 0 Å². The minimum absolute atomic E-state index is 0.0400. The Morgan fingerprint density at radius 2 is 1.90 bits per heavy atom. The van der Waals surface area contributed by atoms with Crippen LogP contribution in [0.5, 0.6) is 0 Å². The molecule has 2 aromatic heterocycles. The molecule has 0 bridgehead atoms. The number of amides is 1. The number of benzene rings is 1. The van der Waals surface area contributed by atoms with Gasteiger partial charge in [-0.2, -0.15) is 0 Å². The van der Waals surface area contributed by atoms with Crippen molar-refractivity contribution in [3.05, 3.63) is 63.5 Å².